The van der Waals surface area contributed by atoms with Gasteiger partial charge in [-0.1, -0.05) is 20.8 Å². The highest BCUT2D eigenvalue weighted by Crippen LogP contribution is 2.32. The van der Waals surface area contributed by atoms with Gasteiger partial charge >= 0.3 is 0 Å². The van der Waals surface area contributed by atoms with Gasteiger partial charge in [0.25, 0.3) is 0 Å². The molecule has 0 bridgehead atoms. The Bertz CT molecular complexity index is 571. The molecule has 1 aromatic rings. The fraction of sp³-hybridized carbons (Fsp3) is 0.750. The molecule has 0 spiro atoms. The molecule has 22 heavy (non-hydrogen) atoms. The first-order valence-corrected chi connectivity index (χ1v) is 8.76. The molecule has 3 rings (SSSR count). The maximum absolute atomic E-state index is 12.5. The normalized spacial score (nSPS) is 22.0. The third kappa shape index (κ3) is 3.23. The Morgan fingerprint density at radius 1 is 1.45 bits per heavy atom. The van der Waals surface area contributed by atoms with Crippen molar-refractivity contribution in [3.8, 4) is 0 Å². The molecule has 2 aliphatic heterocycles. The Labute approximate surface area is 140 Å². The van der Waals surface area contributed by atoms with Crippen molar-refractivity contribution in [1.82, 2.24) is 14.7 Å². The van der Waals surface area contributed by atoms with Crippen LogP contribution in [0.2, 0.25) is 0 Å². The molecule has 5 nitrogen and oxygen atoms in total. The van der Waals surface area contributed by atoms with Crippen LogP contribution in [0.3, 0.4) is 0 Å². The molecular formula is C16H24BrN3O2. The fourth-order valence-corrected chi connectivity index (χ4v) is 3.73. The van der Waals surface area contributed by atoms with Crippen molar-refractivity contribution >= 4 is 21.8 Å². The van der Waals surface area contributed by atoms with Gasteiger partial charge in [0.2, 0.25) is 5.91 Å². The summed E-state index contributed by atoms with van der Waals surface area (Å²) in [4.78, 5) is 14.4. The van der Waals surface area contributed by atoms with E-state index in [-0.39, 0.29) is 11.3 Å². The van der Waals surface area contributed by atoms with Crippen LogP contribution in [0.5, 0.6) is 0 Å². The van der Waals surface area contributed by atoms with Crippen molar-refractivity contribution in [2.45, 2.75) is 52.6 Å². The van der Waals surface area contributed by atoms with Gasteiger partial charge in [0, 0.05) is 37.3 Å². The van der Waals surface area contributed by atoms with Crippen LogP contribution in [-0.4, -0.2) is 40.3 Å². The second-order valence-corrected chi connectivity index (χ2v) is 8.23. The van der Waals surface area contributed by atoms with Crippen molar-refractivity contribution in [3.05, 3.63) is 15.9 Å². The van der Waals surface area contributed by atoms with Crippen molar-refractivity contribution < 1.29 is 9.53 Å². The molecule has 1 fully saturated rings. The van der Waals surface area contributed by atoms with Crippen LogP contribution in [0.15, 0.2) is 4.60 Å². The molecular weight excluding hydrogens is 346 g/mol. The largest absolute Gasteiger partial charge is 0.379 e. The van der Waals surface area contributed by atoms with Crippen LogP contribution in [0.1, 0.15) is 50.9 Å². The summed E-state index contributed by atoms with van der Waals surface area (Å²) >= 11 is 3.58. The van der Waals surface area contributed by atoms with E-state index < -0.39 is 0 Å². The summed E-state index contributed by atoms with van der Waals surface area (Å²) in [5.41, 5.74) is 2.46. The molecule has 1 unspecified atom stereocenters. The summed E-state index contributed by atoms with van der Waals surface area (Å²) in [6, 6.07) is 0.344. The van der Waals surface area contributed by atoms with E-state index in [9.17, 15) is 4.79 Å². The van der Waals surface area contributed by atoms with Gasteiger partial charge in [-0.05, 0) is 27.8 Å². The van der Waals surface area contributed by atoms with E-state index in [2.05, 4.69) is 46.5 Å². The molecule has 3 heterocycles. The van der Waals surface area contributed by atoms with E-state index in [1.54, 1.807) is 0 Å². The minimum atomic E-state index is 0.0277. The maximum atomic E-state index is 12.5. The lowest BCUT2D eigenvalue weighted by Crippen LogP contribution is -2.38. The predicted molar refractivity (Wildman–Crippen MR) is 87.6 cm³/mol. The predicted octanol–water partition coefficient (Wildman–Crippen LogP) is 2.93. The third-order valence-corrected chi connectivity index (χ3v) is 4.96. The van der Waals surface area contributed by atoms with Gasteiger partial charge in [-0.15, -0.1) is 0 Å². The lowest BCUT2D eigenvalue weighted by Gasteiger charge is -2.30. The molecule has 1 atom stereocenters. The highest BCUT2D eigenvalue weighted by Gasteiger charge is 2.31. The van der Waals surface area contributed by atoms with Gasteiger partial charge < -0.3 is 9.64 Å². The Morgan fingerprint density at radius 3 is 2.86 bits per heavy atom. The van der Waals surface area contributed by atoms with Crippen LogP contribution in [0.25, 0.3) is 0 Å². The molecule has 0 radical (unpaired) electrons. The molecule has 1 aromatic heterocycles. The molecule has 0 saturated carbocycles. The number of halogens is 1. The van der Waals surface area contributed by atoms with E-state index in [1.165, 1.54) is 11.3 Å². The number of hydrogen-bond acceptors (Lipinski definition) is 3. The zero-order chi connectivity index (χ0) is 15.9. The van der Waals surface area contributed by atoms with Crippen LogP contribution in [0.4, 0.5) is 0 Å². The van der Waals surface area contributed by atoms with Crippen molar-refractivity contribution in [2.75, 3.05) is 19.8 Å². The van der Waals surface area contributed by atoms with E-state index in [1.807, 2.05) is 4.90 Å². The first-order valence-electron chi connectivity index (χ1n) is 7.96. The van der Waals surface area contributed by atoms with E-state index in [4.69, 9.17) is 4.74 Å². The summed E-state index contributed by atoms with van der Waals surface area (Å²) < 4.78 is 8.49. The van der Waals surface area contributed by atoms with Crippen molar-refractivity contribution in [3.63, 3.8) is 0 Å². The summed E-state index contributed by atoms with van der Waals surface area (Å²) in [6.45, 7) is 9.32. The quantitative estimate of drug-likeness (QED) is 0.804. The molecule has 0 aliphatic carbocycles. The number of aromatic nitrogens is 2. The first-order chi connectivity index (χ1) is 10.3. The number of carbonyl (C=O) groups excluding carboxylic acids is 1. The van der Waals surface area contributed by atoms with E-state index in [0.717, 1.165) is 37.2 Å². The Hall–Kier alpha value is -0.880. The van der Waals surface area contributed by atoms with Crippen LogP contribution < -0.4 is 0 Å². The standard InChI is InChI=1S/C16H24BrN3O2/c1-16(2,3)8-14(21)19-6-4-13-12(9-19)15(17)18-20(13)11-5-7-22-10-11/h11H,4-10H2,1-3H3. The molecule has 0 aromatic carbocycles. The Kier molecular flexibility index (Phi) is 4.34. The third-order valence-electron chi connectivity index (χ3n) is 4.32. The lowest BCUT2D eigenvalue weighted by atomic mass is 9.91. The van der Waals surface area contributed by atoms with E-state index in [0.29, 0.717) is 19.0 Å². The maximum Gasteiger partial charge on any atom is 0.223 e. The highest BCUT2D eigenvalue weighted by atomic mass is 79.9. The monoisotopic (exact) mass is 369 g/mol. The molecule has 1 saturated heterocycles. The average Bonchev–Trinajstić information content (AvgIpc) is 3.05. The van der Waals surface area contributed by atoms with Gasteiger partial charge in [-0.3, -0.25) is 9.48 Å². The minimum Gasteiger partial charge on any atom is -0.379 e. The first kappa shape index (κ1) is 16.0. The van der Waals surface area contributed by atoms with Gasteiger partial charge in [0.05, 0.1) is 19.2 Å². The summed E-state index contributed by atoms with van der Waals surface area (Å²) in [5, 5.41) is 4.66. The second kappa shape index (κ2) is 5.96. The molecule has 122 valence electrons. The Morgan fingerprint density at radius 2 is 2.23 bits per heavy atom. The molecule has 0 N–H and O–H groups in total. The number of fused-ring (bicyclic) bond motifs is 1. The topological polar surface area (TPSA) is 47.4 Å². The Balaban J connectivity index is 1.77. The van der Waals surface area contributed by atoms with Crippen LogP contribution in [0, 0.1) is 5.41 Å². The smallest absolute Gasteiger partial charge is 0.223 e. The van der Waals surface area contributed by atoms with Gasteiger partial charge in [0.15, 0.2) is 0 Å². The minimum absolute atomic E-state index is 0.0277. The highest BCUT2D eigenvalue weighted by molar-refractivity contribution is 9.10. The SMILES string of the molecule is CC(C)(C)CC(=O)N1CCc2c(c(Br)nn2C2CCOC2)C1. The van der Waals surface area contributed by atoms with Crippen LogP contribution in [-0.2, 0) is 22.5 Å². The van der Waals surface area contributed by atoms with Gasteiger partial charge in [0.1, 0.15) is 4.60 Å². The molecule has 6 heteroatoms. The van der Waals surface area contributed by atoms with Crippen molar-refractivity contribution in [1.29, 1.82) is 0 Å². The van der Waals surface area contributed by atoms with E-state index >= 15 is 0 Å². The number of nitrogens with zero attached hydrogens (tertiary/aromatic N) is 3. The molecule has 1 amide bonds. The summed E-state index contributed by atoms with van der Waals surface area (Å²) in [7, 11) is 0. The fourth-order valence-electron chi connectivity index (χ4n) is 3.20. The number of hydrogen-bond donors (Lipinski definition) is 0. The van der Waals surface area contributed by atoms with Crippen LogP contribution >= 0.6 is 15.9 Å². The number of amides is 1. The van der Waals surface area contributed by atoms with Crippen molar-refractivity contribution in [2.24, 2.45) is 5.41 Å². The second-order valence-electron chi connectivity index (χ2n) is 7.48. The number of ether oxygens (including phenoxy) is 1. The van der Waals surface area contributed by atoms with Gasteiger partial charge in [-0.25, -0.2) is 0 Å². The summed E-state index contributed by atoms with van der Waals surface area (Å²) in [6.07, 6.45) is 2.48. The summed E-state index contributed by atoms with van der Waals surface area (Å²) in [5.74, 6) is 0.238. The average molecular weight is 370 g/mol. The lowest BCUT2D eigenvalue weighted by molar-refractivity contribution is -0.134. The van der Waals surface area contributed by atoms with Gasteiger partial charge in [-0.2, -0.15) is 5.10 Å². The number of rotatable bonds is 2. The molecule has 2 aliphatic rings. The zero-order valence-electron chi connectivity index (χ0n) is 13.6. The number of carbonyl (C=O) groups is 1. The zero-order valence-corrected chi connectivity index (χ0v) is 15.1.